The highest BCUT2D eigenvalue weighted by Crippen LogP contribution is 2.49. The van der Waals surface area contributed by atoms with Crippen molar-refractivity contribution in [2.75, 3.05) is 6.54 Å². The van der Waals surface area contributed by atoms with Gasteiger partial charge in [-0.2, -0.15) is 0 Å². The Hall–Kier alpha value is 0.365. The fraction of sp³-hybridized carbons (Fsp3) is 0.667. The van der Waals surface area contributed by atoms with Crippen LogP contribution in [0.4, 0.5) is 0 Å². The van der Waals surface area contributed by atoms with E-state index in [0.29, 0.717) is 13.0 Å². The third kappa shape index (κ3) is 1.82. The smallest absolute Gasteiger partial charge is 0.237 e. The molecule has 2 unspecified atom stereocenters. The van der Waals surface area contributed by atoms with Crippen LogP contribution in [0.3, 0.4) is 0 Å². The van der Waals surface area contributed by atoms with Crippen LogP contribution in [-0.2, 0) is 9.59 Å². The topological polar surface area (TPSA) is 37.4 Å². The second-order valence-electron chi connectivity index (χ2n) is 2.54. The maximum Gasteiger partial charge on any atom is 0.237 e. The summed E-state index contributed by atoms with van der Waals surface area (Å²) in [5, 5.41) is 0. The van der Waals surface area contributed by atoms with E-state index >= 15 is 0 Å². The fourth-order valence-corrected chi connectivity index (χ4v) is 3.18. The lowest BCUT2D eigenvalue weighted by atomic mass is 10.3. The van der Waals surface area contributed by atoms with Crippen molar-refractivity contribution < 1.29 is 9.59 Å². The van der Waals surface area contributed by atoms with Crippen molar-refractivity contribution in [3.8, 4) is 0 Å². The van der Waals surface area contributed by atoms with Crippen molar-refractivity contribution in [1.82, 2.24) is 4.90 Å². The number of hydrogen-bond acceptors (Lipinski definition) is 2. The highest BCUT2D eigenvalue weighted by Gasteiger charge is 2.39. The van der Waals surface area contributed by atoms with E-state index in [9.17, 15) is 9.59 Å². The van der Waals surface area contributed by atoms with Gasteiger partial charge in [0.05, 0.1) is 5.66 Å². The van der Waals surface area contributed by atoms with Gasteiger partial charge in [-0.15, -0.1) is 0 Å². The molecule has 1 saturated heterocycles. The lowest BCUT2D eigenvalue weighted by Crippen LogP contribution is -2.30. The molecule has 64 valence electrons. The number of carbonyl (C=O) groups is 2. The maximum atomic E-state index is 11.4. The van der Waals surface area contributed by atoms with Crippen molar-refractivity contribution in [2.24, 2.45) is 0 Å². The van der Waals surface area contributed by atoms with Gasteiger partial charge >= 0.3 is 0 Å². The van der Waals surface area contributed by atoms with Gasteiger partial charge < -0.3 is 0 Å². The van der Waals surface area contributed by atoms with Crippen LogP contribution in [0.5, 0.6) is 0 Å². The largest absolute Gasteiger partial charge is 0.282 e. The lowest BCUT2D eigenvalue weighted by Gasteiger charge is -2.13. The van der Waals surface area contributed by atoms with E-state index < -0.39 is 5.44 Å². The quantitative estimate of drug-likeness (QED) is 0.330. The number of hydrogen-bond donors (Lipinski definition) is 0. The summed E-state index contributed by atoms with van der Waals surface area (Å²) in [4.78, 5) is 23.9. The summed E-state index contributed by atoms with van der Waals surface area (Å²) in [6.07, 6.45) is 0.303. The molecule has 0 spiro atoms. The molecular weight excluding hydrogens is 287 g/mol. The normalized spacial score (nSPS) is 26.5. The Balaban J connectivity index is 2.75. The van der Waals surface area contributed by atoms with Gasteiger partial charge in [-0.25, -0.2) is 0 Å². The first-order chi connectivity index (χ1) is 5.57. The van der Waals surface area contributed by atoms with Gasteiger partial charge in [0.2, 0.25) is 11.8 Å². The van der Waals surface area contributed by atoms with Crippen LogP contribution in [0.1, 0.15) is 13.3 Å². The van der Waals surface area contributed by atoms with Crippen LogP contribution in [-0.4, -0.2) is 36.5 Å². The zero-order valence-electron chi connectivity index (χ0n) is 6.66. The number of halogens is 1. The van der Waals surface area contributed by atoms with Gasteiger partial charge in [0, 0.05) is 13.0 Å². The molecule has 12 heavy (non-hydrogen) atoms. The number of amides is 2. The number of nitrogens with zero attached hydrogens (tertiary/aromatic N) is 1. The molecule has 6 heteroatoms. The monoisotopic (exact) mass is 295 g/mol. The van der Waals surface area contributed by atoms with Crippen molar-refractivity contribution >= 4 is 46.9 Å². The third-order valence-electron chi connectivity index (χ3n) is 1.83. The maximum absolute atomic E-state index is 11.4. The van der Waals surface area contributed by atoms with Gasteiger partial charge in [0.15, 0.2) is 0 Å². The van der Waals surface area contributed by atoms with E-state index in [-0.39, 0.29) is 17.5 Å². The summed E-state index contributed by atoms with van der Waals surface area (Å²) < 4.78 is 0. The van der Waals surface area contributed by atoms with Crippen LogP contribution in [0, 0.1) is 0 Å². The van der Waals surface area contributed by atoms with Gasteiger partial charge in [-0.1, -0.05) is 27.5 Å². The fourth-order valence-electron chi connectivity index (χ4n) is 1.19. The van der Waals surface area contributed by atoms with E-state index in [1.165, 1.54) is 4.90 Å². The molecule has 1 heterocycles. The molecule has 3 nitrogen and oxygen atoms in total. The summed E-state index contributed by atoms with van der Waals surface area (Å²) in [7, 11) is 5.62. The molecule has 1 aliphatic rings. The van der Waals surface area contributed by atoms with Crippen LogP contribution < -0.4 is 0 Å². The Kier molecular flexibility index (Phi) is 3.52. The molecule has 1 aliphatic heterocycles. The zero-order valence-corrected chi connectivity index (χ0v) is 9.71. The van der Waals surface area contributed by atoms with Crippen LogP contribution in [0.25, 0.3) is 0 Å². The van der Waals surface area contributed by atoms with Gasteiger partial charge in [-0.3, -0.25) is 14.5 Å². The standard InChI is InChI=1S/C6H8BINO2P/c1-2-9-5(10)3-4(6(9)11)12(7)8/h4H,2-3H2,1H3. The molecule has 1 rings (SSSR count). The highest BCUT2D eigenvalue weighted by atomic mass is 127. The number of likely N-dealkylation sites (tertiary alicyclic amines) is 1. The lowest BCUT2D eigenvalue weighted by molar-refractivity contribution is -0.137. The molecule has 1 fully saturated rings. The summed E-state index contributed by atoms with van der Waals surface area (Å²) in [5.41, 5.74) is -1.08. The Bertz CT molecular complexity index is 224. The van der Waals surface area contributed by atoms with E-state index in [1.54, 1.807) is 6.92 Å². The predicted molar refractivity (Wildman–Crippen MR) is 57.5 cm³/mol. The van der Waals surface area contributed by atoms with E-state index in [4.69, 9.17) is 7.57 Å². The molecule has 0 N–H and O–H groups in total. The minimum atomic E-state index is -0.842. The van der Waals surface area contributed by atoms with Crippen LogP contribution in [0.2, 0.25) is 0 Å². The Morgan fingerprint density at radius 3 is 2.58 bits per heavy atom. The summed E-state index contributed by atoms with van der Waals surface area (Å²) in [5.74, 6) is -0.173. The summed E-state index contributed by atoms with van der Waals surface area (Å²) in [6.45, 7) is 2.26. The van der Waals surface area contributed by atoms with Crippen molar-refractivity contribution in [3.05, 3.63) is 0 Å². The van der Waals surface area contributed by atoms with E-state index in [0.717, 1.165) is 0 Å². The second-order valence-corrected chi connectivity index (χ2v) is 7.19. The van der Waals surface area contributed by atoms with Crippen LogP contribution in [0.15, 0.2) is 0 Å². The number of imide groups is 1. The first kappa shape index (κ1) is 10.4. The van der Waals surface area contributed by atoms with Gasteiger partial charge in [0.1, 0.15) is 7.57 Å². The summed E-state index contributed by atoms with van der Waals surface area (Å²) >= 11 is 2.04. The Labute approximate surface area is 86.9 Å². The van der Waals surface area contributed by atoms with Crippen molar-refractivity contribution in [1.29, 1.82) is 0 Å². The Morgan fingerprint density at radius 2 is 2.33 bits per heavy atom. The van der Waals surface area contributed by atoms with Crippen molar-refractivity contribution in [3.63, 3.8) is 0 Å². The molecule has 0 saturated carbocycles. The minimum Gasteiger partial charge on any atom is -0.282 e. The number of rotatable bonds is 2. The molecule has 2 amide bonds. The first-order valence-corrected chi connectivity index (χ1v) is 7.88. The predicted octanol–water partition coefficient (Wildman–Crippen LogP) is 1.05. The van der Waals surface area contributed by atoms with E-state index in [2.05, 4.69) is 0 Å². The zero-order chi connectivity index (χ0) is 9.30. The minimum absolute atomic E-state index is 0.0814. The molecule has 0 aromatic heterocycles. The second kappa shape index (κ2) is 4.05. The number of carbonyl (C=O) groups excluding carboxylic acids is 2. The average molecular weight is 295 g/mol. The molecule has 2 atom stereocenters. The molecule has 0 aromatic rings. The van der Waals surface area contributed by atoms with Crippen molar-refractivity contribution in [2.45, 2.75) is 19.0 Å². The molecule has 2 radical (unpaired) electrons. The molecule has 0 aromatic carbocycles. The molecule has 0 aliphatic carbocycles. The van der Waals surface area contributed by atoms with E-state index in [1.807, 2.05) is 22.0 Å². The summed E-state index contributed by atoms with van der Waals surface area (Å²) in [6, 6.07) is 0. The SMILES string of the molecule is [B]P(I)C1CC(=O)N(CC)C1=O. The third-order valence-corrected chi connectivity index (χ3v) is 4.85. The van der Waals surface area contributed by atoms with Gasteiger partial charge in [-0.05, 0) is 6.92 Å². The Morgan fingerprint density at radius 1 is 1.75 bits per heavy atom. The van der Waals surface area contributed by atoms with Crippen LogP contribution >= 0.6 is 27.5 Å². The highest BCUT2D eigenvalue weighted by molar-refractivity contribution is 14.2. The molecule has 0 bridgehead atoms. The molecular formula is C6H8BINO2P. The van der Waals surface area contributed by atoms with Gasteiger partial charge in [0.25, 0.3) is 0 Å². The average Bonchev–Trinajstić information content (AvgIpc) is 2.27. The first-order valence-electron chi connectivity index (χ1n) is 3.61.